The number of nitrogens with one attached hydrogen (secondary N) is 1. The molecule has 0 saturated carbocycles. The van der Waals surface area contributed by atoms with Crippen molar-refractivity contribution >= 4 is 6.09 Å². The highest BCUT2D eigenvalue weighted by molar-refractivity contribution is 5.68. The maximum absolute atomic E-state index is 12.9. The first kappa shape index (κ1) is 22.3. The van der Waals surface area contributed by atoms with E-state index in [0.717, 1.165) is 24.3 Å². The van der Waals surface area contributed by atoms with E-state index in [-0.39, 0.29) is 6.09 Å². The number of nitrogens with zero attached hydrogens (tertiary/aromatic N) is 5. The third kappa shape index (κ3) is 5.48. The molecule has 9 nitrogen and oxygen atoms in total. The summed E-state index contributed by atoms with van der Waals surface area (Å²) in [7, 11) is 1.55. The lowest BCUT2D eigenvalue weighted by Crippen LogP contribution is -2.46. The number of aromatic nitrogens is 3. The van der Waals surface area contributed by atoms with Gasteiger partial charge in [-0.15, -0.1) is 0 Å². The molecule has 0 radical (unpaired) electrons. The number of hydrogen-bond acceptors (Lipinski definition) is 7. The molecule has 1 aliphatic heterocycles. The summed E-state index contributed by atoms with van der Waals surface area (Å²) in [5.74, 6) is 0.425. The van der Waals surface area contributed by atoms with Crippen LogP contribution in [0.3, 0.4) is 0 Å². The van der Waals surface area contributed by atoms with Gasteiger partial charge in [-0.1, -0.05) is 12.1 Å². The molecule has 1 aliphatic rings. The quantitative estimate of drug-likeness (QED) is 0.595. The van der Waals surface area contributed by atoms with E-state index in [4.69, 9.17) is 14.7 Å². The minimum Gasteiger partial charge on any atom is -0.481 e. The Hall–Kier alpha value is -3.90. The molecule has 3 heterocycles. The second kappa shape index (κ2) is 10.6. The molecule has 33 heavy (non-hydrogen) atoms. The number of ether oxygens (including phenoxy) is 2. The van der Waals surface area contributed by atoms with Crippen LogP contribution in [0.25, 0.3) is 0 Å². The highest BCUT2D eigenvalue weighted by Gasteiger charge is 2.26. The van der Waals surface area contributed by atoms with Crippen LogP contribution in [-0.2, 0) is 17.7 Å². The van der Waals surface area contributed by atoms with Crippen molar-refractivity contribution < 1.29 is 14.3 Å². The van der Waals surface area contributed by atoms with Crippen molar-refractivity contribution in [2.75, 3.05) is 33.3 Å². The minimum absolute atomic E-state index is 0.356. The Morgan fingerprint density at radius 1 is 1.24 bits per heavy atom. The Morgan fingerprint density at radius 2 is 2.03 bits per heavy atom. The monoisotopic (exact) mass is 446 g/mol. The van der Waals surface area contributed by atoms with Gasteiger partial charge in [0.1, 0.15) is 6.10 Å². The fourth-order valence-corrected chi connectivity index (χ4v) is 3.81. The molecule has 1 aromatic carbocycles. The topological polar surface area (TPSA) is 105 Å². The highest BCUT2D eigenvalue weighted by atomic mass is 16.6. The van der Waals surface area contributed by atoms with Crippen LogP contribution in [0.15, 0.2) is 55.1 Å². The molecule has 0 spiro atoms. The fraction of sp³-hybridized carbons (Fsp3) is 0.333. The summed E-state index contributed by atoms with van der Waals surface area (Å²) >= 11 is 0. The van der Waals surface area contributed by atoms with E-state index in [1.54, 1.807) is 48.9 Å². The zero-order valence-corrected chi connectivity index (χ0v) is 18.5. The number of nitriles is 1. The first-order valence-corrected chi connectivity index (χ1v) is 10.8. The van der Waals surface area contributed by atoms with Crippen LogP contribution in [0.5, 0.6) is 5.88 Å². The van der Waals surface area contributed by atoms with Gasteiger partial charge in [-0.3, -0.25) is 0 Å². The largest absolute Gasteiger partial charge is 0.481 e. The molecular weight excluding hydrogens is 420 g/mol. The maximum atomic E-state index is 12.9. The van der Waals surface area contributed by atoms with Crippen LogP contribution in [0, 0.1) is 11.3 Å². The van der Waals surface area contributed by atoms with Crippen LogP contribution >= 0.6 is 0 Å². The molecule has 1 saturated heterocycles. The molecule has 1 fully saturated rings. The van der Waals surface area contributed by atoms with Gasteiger partial charge in [0.25, 0.3) is 0 Å². The molecule has 0 aliphatic carbocycles. The van der Waals surface area contributed by atoms with E-state index in [0.29, 0.717) is 43.1 Å². The van der Waals surface area contributed by atoms with Gasteiger partial charge >= 0.3 is 6.09 Å². The SMILES string of the molecule is COc1ncccc1C(Cc1cncn1Cc1ccc(C#N)cc1)OC(=O)N1CCNCC1. The van der Waals surface area contributed by atoms with E-state index in [9.17, 15) is 4.79 Å². The lowest BCUT2D eigenvalue weighted by atomic mass is 10.1. The molecule has 2 aromatic heterocycles. The number of imidazole rings is 1. The van der Waals surface area contributed by atoms with Crippen molar-refractivity contribution in [1.29, 1.82) is 5.26 Å². The zero-order chi connectivity index (χ0) is 23.0. The van der Waals surface area contributed by atoms with Gasteiger partial charge in [0.15, 0.2) is 0 Å². The van der Waals surface area contributed by atoms with E-state index in [2.05, 4.69) is 21.4 Å². The molecule has 1 amide bonds. The molecule has 170 valence electrons. The molecule has 1 unspecified atom stereocenters. The molecule has 9 heteroatoms. The van der Waals surface area contributed by atoms with Crippen molar-refractivity contribution in [2.45, 2.75) is 19.1 Å². The average molecular weight is 447 g/mol. The van der Waals surface area contributed by atoms with Gasteiger partial charge in [-0.2, -0.15) is 5.26 Å². The zero-order valence-electron chi connectivity index (χ0n) is 18.5. The van der Waals surface area contributed by atoms with E-state index >= 15 is 0 Å². The lowest BCUT2D eigenvalue weighted by molar-refractivity contribution is 0.0570. The summed E-state index contributed by atoms with van der Waals surface area (Å²) < 4.78 is 13.4. The first-order valence-electron chi connectivity index (χ1n) is 10.8. The number of benzene rings is 1. The van der Waals surface area contributed by atoms with Crippen LogP contribution in [0.1, 0.15) is 28.5 Å². The lowest BCUT2D eigenvalue weighted by Gasteiger charge is -2.29. The standard InChI is InChI=1S/C24H26N6O3/c1-32-23-21(3-2-8-28-23)22(33-24(31)29-11-9-26-10-12-29)13-20-15-27-17-30(20)16-19-6-4-18(14-25)5-7-19/h2-8,15,17,22,26H,9-13,16H2,1H3. The molecular formula is C24H26N6O3. The van der Waals surface area contributed by atoms with E-state index in [1.165, 1.54) is 0 Å². The van der Waals surface area contributed by atoms with Crippen LogP contribution in [0.4, 0.5) is 4.79 Å². The second-order valence-corrected chi connectivity index (χ2v) is 7.74. The van der Waals surface area contributed by atoms with E-state index in [1.807, 2.05) is 22.8 Å². The highest BCUT2D eigenvalue weighted by Crippen LogP contribution is 2.29. The van der Waals surface area contributed by atoms with Gasteiger partial charge in [-0.05, 0) is 29.8 Å². The Morgan fingerprint density at radius 3 is 2.76 bits per heavy atom. The Kier molecular flexibility index (Phi) is 7.17. The number of carbonyl (C=O) groups is 1. The normalized spacial score (nSPS) is 14.4. The summed E-state index contributed by atoms with van der Waals surface area (Å²) in [6, 6.07) is 13.2. The van der Waals surface area contributed by atoms with Crippen molar-refractivity contribution in [3.63, 3.8) is 0 Å². The van der Waals surface area contributed by atoms with Gasteiger partial charge in [0.2, 0.25) is 5.88 Å². The molecule has 1 atom stereocenters. The smallest absolute Gasteiger partial charge is 0.410 e. The average Bonchev–Trinajstić information content (AvgIpc) is 3.30. The molecule has 3 aromatic rings. The number of rotatable bonds is 7. The summed E-state index contributed by atoms with van der Waals surface area (Å²) in [5, 5.41) is 12.3. The third-order valence-electron chi connectivity index (χ3n) is 5.59. The van der Waals surface area contributed by atoms with Crippen molar-refractivity contribution in [2.24, 2.45) is 0 Å². The summed E-state index contributed by atoms with van der Waals surface area (Å²) in [6.45, 7) is 3.28. The second-order valence-electron chi connectivity index (χ2n) is 7.74. The number of hydrogen-bond donors (Lipinski definition) is 1. The molecule has 4 rings (SSSR count). The summed E-state index contributed by atoms with van der Waals surface area (Å²) in [6.07, 6.45) is 4.64. The van der Waals surface area contributed by atoms with Gasteiger partial charge in [-0.25, -0.2) is 14.8 Å². The van der Waals surface area contributed by atoms with Crippen LogP contribution in [0.2, 0.25) is 0 Å². The number of methoxy groups -OCH3 is 1. The summed E-state index contributed by atoms with van der Waals surface area (Å²) in [4.78, 5) is 23.2. The minimum atomic E-state index is -0.590. The number of pyridine rings is 1. The van der Waals surface area contributed by atoms with Gasteiger partial charge in [0, 0.05) is 57.2 Å². The van der Waals surface area contributed by atoms with Crippen LogP contribution in [-0.4, -0.2) is 58.8 Å². The maximum Gasteiger partial charge on any atom is 0.410 e. The van der Waals surface area contributed by atoms with Crippen LogP contribution < -0.4 is 10.1 Å². The number of amides is 1. The predicted molar refractivity (Wildman–Crippen MR) is 121 cm³/mol. The summed E-state index contributed by atoms with van der Waals surface area (Å²) in [5.41, 5.74) is 3.27. The Bertz CT molecular complexity index is 1120. The molecule has 0 bridgehead atoms. The van der Waals surface area contributed by atoms with Gasteiger partial charge in [0.05, 0.1) is 30.6 Å². The van der Waals surface area contributed by atoms with Crippen molar-refractivity contribution in [3.05, 3.63) is 77.5 Å². The molecule has 1 N–H and O–H groups in total. The first-order chi connectivity index (χ1) is 16.2. The number of piperazine rings is 1. The van der Waals surface area contributed by atoms with Crippen molar-refractivity contribution in [3.8, 4) is 11.9 Å². The number of carbonyl (C=O) groups excluding carboxylic acids is 1. The Balaban J connectivity index is 1.57. The van der Waals surface area contributed by atoms with E-state index < -0.39 is 6.10 Å². The fourth-order valence-electron chi connectivity index (χ4n) is 3.81. The van der Waals surface area contributed by atoms with Gasteiger partial charge < -0.3 is 24.3 Å². The third-order valence-corrected chi connectivity index (χ3v) is 5.59. The van der Waals surface area contributed by atoms with Crippen molar-refractivity contribution in [1.82, 2.24) is 24.8 Å². The Labute approximate surface area is 192 Å². The predicted octanol–water partition coefficient (Wildman–Crippen LogP) is 2.53.